The summed E-state index contributed by atoms with van der Waals surface area (Å²) in [5.41, 5.74) is 8.08. The Balaban J connectivity index is 2.60. The minimum absolute atomic E-state index is 0.120. The van der Waals surface area contributed by atoms with Gasteiger partial charge in [0.25, 0.3) is 0 Å². The van der Waals surface area contributed by atoms with Crippen molar-refractivity contribution in [2.24, 2.45) is 5.73 Å². The van der Waals surface area contributed by atoms with Gasteiger partial charge in [-0.3, -0.25) is 0 Å². The van der Waals surface area contributed by atoms with Gasteiger partial charge < -0.3 is 5.73 Å². The number of rotatable bonds is 0. The SMILES string of the molecule is N[C@H]1CCc2c1ccc(F)c2I. The first-order valence-corrected chi connectivity index (χ1v) is 5.00. The van der Waals surface area contributed by atoms with Gasteiger partial charge in [0.2, 0.25) is 0 Å². The van der Waals surface area contributed by atoms with Crippen LogP contribution in [0.15, 0.2) is 12.1 Å². The first kappa shape index (κ1) is 8.44. The zero-order chi connectivity index (χ0) is 8.72. The lowest BCUT2D eigenvalue weighted by Crippen LogP contribution is -2.05. The fraction of sp³-hybridized carbons (Fsp3) is 0.333. The van der Waals surface area contributed by atoms with Crippen molar-refractivity contribution in [3.8, 4) is 0 Å². The van der Waals surface area contributed by atoms with Crippen LogP contribution in [0.5, 0.6) is 0 Å². The Hall–Kier alpha value is -0.160. The van der Waals surface area contributed by atoms with Crippen LogP contribution in [0.2, 0.25) is 0 Å². The summed E-state index contributed by atoms with van der Waals surface area (Å²) in [6.07, 6.45) is 1.88. The third kappa shape index (κ3) is 1.15. The Morgan fingerprint density at radius 3 is 3.00 bits per heavy atom. The molecule has 1 aromatic rings. The van der Waals surface area contributed by atoms with Gasteiger partial charge in [0.05, 0.1) is 3.57 Å². The van der Waals surface area contributed by atoms with Crippen molar-refractivity contribution in [2.75, 3.05) is 0 Å². The van der Waals surface area contributed by atoms with Crippen LogP contribution in [-0.4, -0.2) is 0 Å². The van der Waals surface area contributed by atoms with Crippen LogP contribution < -0.4 is 5.73 Å². The molecule has 0 bridgehead atoms. The summed E-state index contributed by atoms with van der Waals surface area (Å²) in [5.74, 6) is -0.122. The quantitative estimate of drug-likeness (QED) is 0.724. The first-order valence-electron chi connectivity index (χ1n) is 3.92. The highest BCUT2D eigenvalue weighted by Crippen LogP contribution is 2.33. The molecule has 12 heavy (non-hydrogen) atoms. The summed E-state index contributed by atoms with van der Waals surface area (Å²) in [4.78, 5) is 0. The second kappa shape index (κ2) is 2.96. The maximum absolute atomic E-state index is 13.1. The van der Waals surface area contributed by atoms with E-state index in [-0.39, 0.29) is 11.9 Å². The molecule has 0 unspecified atom stereocenters. The fourth-order valence-corrected chi connectivity index (χ4v) is 2.43. The standard InChI is InChI=1S/C9H9FIN/c10-7-3-1-5-6(9(7)11)2-4-8(5)12/h1,3,8H,2,4,12H2/t8-/m0/s1. The van der Waals surface area contributed by atoms with Crippen LogP contribution in [0.25, 0.3) is 0 Å². The van der Waals surface area contributed by atoms with E-state index >= 15 is 0 Å². The van der Waals surface area contributed by atoms with Crippen LogP contribution in [0.1, 0.15) is 23.6 Å². The van der Waals surface area contributed by atoms with Gasteiger partial charge in [0.1, 0.15) is 5.82 Å². The molecule has 0 heterocycles. The third-order valence-corrected chi connectivity index (χ3v) is 3.50. The number of hydrogen-bond acceptors (Lipinski definition) is 1. The van der Waals surface area contributed by atoms with Crippen molar-refractivity contribution < 1.29 is 4.39 Å². The Kier molecular flexibility index (Phi) is 2.08. The molecule has 1 nitrogen and oxygen atoms in total. The van der Waals surface area contributed by atoms with E-state index in [0.717, 1.165) is 27.5 Å². The minimum Gasteiger partial charge on any atom is -0.324 e. The molecule has 0 radical (unpaired) electrons. The summed E-state index contributed by atoms with van der Waals surface area (Å²) < 4.78 is 13.8. The van der Waals surface area contributed by atoms with Gasteiger partial charge in [0, 0.05) is 6.04 Å². The van der Waals surface area contributed by atoms with Crippen molar-refractivity contribution in [3.05, 3.63) is 32.6 Å². The van der Waals surface area contributed by atoms with E-state index < -0.39 is 0 Å². The normalized spacial score (nSPS) is 21.1. The fourth-order valence-electron chi connectivity index (χ4n) is 1.66. The highest BCUT2D eigenvalue weighted by atomic mass is 127. The maximum atomic E-state index is 13.1. The van der Waals surface area contributed by atoms with Gasteiger partial charge in [-0.15, -0.1) is 0 Å². The van der Waals surface area contributed by atoms with Crippen molar-refractivity contribution in [1.82, 2.24) is 0 Å². The van der Waals surface area contributed by atoms with E-state index in [1.165, 1.54) is 6.07 Å². The number of fused-ring (bicyclic) bond motifs is 1. The van der Waals surface area contributed by atoms with Gasteiger partial charge >= 0.3 is 0 Å². The largest absolute Gasteiger partial charge is 0.324 e. The number of benzene rings is 1. The molecule has 2 N–H and O–H groups in total. The highest BCUT2D eigenvalue weighted by molar-refractivity contribution is 14.1. The maximum Gasteiger partial charge on any atom is 0.136 e. The zero-order valence-corrected chi connectivity index (χ0v) is 8.64. The molecule has 0 fully saturated rings. The summed E-state index contributed by atoms with van der Waals surface area (Å²) in [6.45, 7) is 0. The van der Waals surface area contributed by atoms with Crippen LogP contribution >= 0.6 is 22.6 Å². The van der Waals surface area contributed by atoms with Gasteiger partial charge in [0.15, 0.2) is 0 Å². The van der Waals surface area contributed by atoms with Crippen LogP contribution in [0, 0.1) is 9.39 Å². The van der Waals surface area contributed by atoms with Crippen LogP contribution in [-0.2, 0) is 6.42 Å². The number of halogens is 2. The van der Waals surface area contributed by atoms with Gasteiger partial charge in [-0.05, 0) is 52.6 Å². The van der Waals surface area contributed by atoms with Crippen LogP contribution in [0.4, 0.5) is 4.39 Å². The highest BCUT2D eigenvalue weighted by Gasteiger charge is 2.22. The first-order chi connectivity index (χ1) is 5.70. The predicted octanol–water partition coefficient (Wildman–Crippen LogP) is 2.38. The van der Waals surface area contributed by atoms with E-state index in [1.54, 1.807) is 0 Å². The van der Waals surface area contributed by atoms with Crippen LogP contribution in [0.3, 0.4) is 0 Å². The summed E-state index contributed by atoms with van der Waals surface area (Å²) in [5, 5.41) is 0. The van der Waals surface area contributed by atoms with Crippen molar-refractivity contribution in [3.63, 3.8) is 0 Å². The van der Waals surface area contributed by atoms with Gasteiger partial charge in [-0.2, -0.15) is 0 Å². The Morgan fingerprint density at radius 2 is 2.25 bits per heavy atom. The second-order valence-electron chi connectivity index (χ2n) is 3.07. The summed E-state index contributed by atoms with van der Waals surface area (Å²) >= 11 is 2.05. The monoisotopic (exact) mass is 277 g/mol. The number of hydrogen-bond donors (Lipinski definition) is 1. The Morgan fingerprint density at radius 1 is 1.50 bits per heavy atom. The number of nitrogens with two attached hydrogens (primary N) is 1. The minimum atomic E-state index is -0.122. The molecule has 1 aliphatic carbocycles. The van der Waals surface area contributed by atoms with E-state index in [1.807, 2.05) is 6.07 Å². The molecule has 3 heteroatoms. The third-order valence-electron chi connectivity index (χ3n) is 2.34. The van der Waals surface area contributed by atoms with Crippen molar-refractivity contribution in [1.29, 1.82) is 0 Å². The molecule has 1 atom stereocenters. The molecule has 0 aliphatic heterocycles. The smallest absolute Gasteiger partial charge is 0.136 e. The van der Waals surface area contributed by atoms with Crippen molar-refractivity contribution in [2.45, 2.75) is 18.9 Å². The van der Waals surface area contributed by atoms with E-state index in [2.05, 4.69) is 22.6 Å². The molecule has 0 aromatic heterocycles. The lowest BCUT2D eigenvalue weighted by Gasteiger charge is -2.05. The molecule has 1 aliphatic rings. The molecular weight excluding hydrogens is 268 g/mol. The molecule has 2 rings (SSSR count). The summed E-state index contributed by atoms with van der Waals surface area (Å²) in [7, 11) is 0. The van der Waals surface area contributed by atoms with Crippen molar-refractivity contribution >= 4 is 22.6 Å². The Labute approximate surface area is 84.3 Å². The molecule has 1 aromatic carbocycles. The molecule has 0 saturated heterocycles. The zero-order valence-electron chi connectivity index (χ0n) is 6.48. The summed E-state index contributed by atoms with van der Waals surface area (Å²) in [6, 6.07) is 3.44. The second-order valence-corrected chi connectivity index (χ2v) is 4.15. The Bertz CT molecular complexity index is 325. The van der Waals surface area contributed by atoms with E-state index in [9.17, 15) is 4.39 Å². The average Bonchev–Trinajstić information content (AvgIpc) is 2.41. The lowest BCUT2D eigenvalue weighted by molar-refractivity contribution is 0.617. The lowest BCUT2D eigenvalue weighted by atomic mass is 10.1. The molecule has 64 valence electrons. The molecule has 0 saturated carbocycles. The van der Waals surface area contributed by atoms with Gasteiger partial charge in [-0.1, -0.05) is 6.07 Å². The predicted molar refractivity (Wildman–Crippen MR) is 54.4 cm³/mol. The molecule has 0 amide bonds. The average molecular weight is 277 g/mol. The van der Waals surface area contributed by atoms with E-state index in [0.29, 0.717) is 0 Å². The topological polar surface area (TPSA) is 26.0 Å². The van der Waals surface area contributed by atoms with Gasteiger partial charge in [-0.25, -0.2) is 4.39 Å². The van der Waals surface area contributed by atoms with E-state index in [4.69, 9.17) is 5.73 Å². The molecule has 0 spiro atoms. The molecular formula is C9H9FIN.